The third kappa shape index (κ3) is 10.6. The van der Waals surface area contributed by atoms with Crippen LogP contribution in [0.1, 0.15) is 94.1 Å². The van der Waals surface area contributed by atoms with Gasteiger partial charge in [0.2, 0.25) is 11.8 Å². The van der Waals surface area contributed by atoms with Crippen LogP contribution >= 0.6 is 11.3 Å². The number of aromatic carboxylic acids is 1. The maximum Gasteiger partial charge on any atom is 0.417 e. The van der Waals surface area contributed by atoms with E-state index in [0.717, 1.165) is 83.1 Å². The van der Waals surface area contributed by atoms with Crippen molar-refractivity contribution in [1.82, 2.24) is 30.0 Å². The van der Waals surface area contributed by atoms with E-state index in [4.69, 9.17) is 14.6 Å². The summed E-state index contributed by atoms with van der Waals surface area (Å²) < 4.78 is 59.8. The second-order valence-corrected chi connectivity index (χ2v) is 20.9. The minimum Gasteiger partial charge on any atom is -0.490 e. The van der Waals surface area contributed by atoms with Crippen molar-refractivity contribution in [2.24, 2.45) is 7.05 Å². The maximum absolute atomic E-state index is 14.9. The number of carbonyl (C=O) groups is 4. The van der Waals surface area contributed by atoms with Crippen LogP contribution in [0.3, 0.4) is 0 Å². The average Bonchev–Trinajstić information content (AvgIpc) is 4.02. The summed E-state index contributed by atoms with van der Waals surface area (Å²) in [6.45, 7) is 5.57. The summed E-state index contributed by atoms with van der Waals surface area (Å²) >= 11 is 1.37. The standard InChI is InChI=1S/C56H56F3N9O7S/c1-65-51-40(49(64-65)41-20-22-48(69)62-53(41)71)9-5-11-45(51)67-28-26-66(27-29-67)24-6-30-74-34-13-15-35(16-14-34)75-36-17-18-37(43(31-36)56(57,58)59)38-19-21-47(61-50(38)54(72)73)68-25-23-33-7-4-8-39(42(33)32-68)52(70)63-55-60-44-10-2-3-12-46(44)76-55/h2-5,7-12,17-19,21,31,34-35,41H,6,13-16,20,22-30,32H2,1H3,(H,72,73)(H,60,63,70)(H,62,69,71). The summed E-state index contributed by atoms with van der Waals surface area (Å²) in [7, 11) is 1.90. The molecule has 1 aliphatic carbocycles. The first-order valence-corrected chi connectivity index (χ1v) is 26.6. The van der Waals surface area contributed by atoms with E-state index in [-0.39, 0.29) is 59.2 Å². The van der Waals surface area contributed by atoms with Gasteiger partial charge in [0.25, 0.3) is 5.91 Å². The topological polar surface area (TPSA) is 184 Å². The summed E-state index contributed by atoms with van der Waals surface area (Å²) in [4.78, 5) is 66.4. The number of amides is 3. The van der Waals surface area contributed by atoms with Crippen LogP contribution in [0, 0.1) is 0 Å². The maximum atomic E-state index is 14.9. The Morgan fingerprint density at radius 3 is 2.39 bits per heavy atom. The number of carbonyl (C=O) groups excluding carboxylic acids is 3. The molecule has 0 bridgehead atoms. The molecule has 6 heterocycles. The van der Waals surface area contributed by atoms with Crippen LogP contribution in [0.2, 0.25) is 0 Å². The average molecular weight is 1060 g/mol. The Bertz CT molecular complexity index is 3330. The molecule has 11 rings (SSSR count). The number of piperazine rings is 1. The number of ether oxygens (including phenoxy) is 2. The number of rotatable bonds is 14. The van der Waals surface area contributed by atoms with E-state index in [1.165, 1.54) is 35.6 Å². The number of fused-ring (bicyclic) bond motifs is 3. The van der Waals surface area contributed by atoms with E-state index < -0.39 is 29.3 Å². The molecule has 3 amide bonds. The van der Waals surface area contributed by atoms with Gasteiger partial charge in [-0.2, -0.15) is 18.3 Å². The van der Waals surface area contributed by atoms with Crippen molar-refractivity contribution in [3.63, 3.8) is 0 Å². The molecule has 4 aliphatic rings. The van der Waals surface area contributed by atoms with Gasteiger partial charge in [-0.3, -0.25) is 34.6 Å². The van der Waals surface area contributed by atoms with Gasteiger partial charge in [0.1, 0.15) is 11.6 Å². The lowest BCUT2D eigenvalue weighted by Gasteiger charge is -2.36. The smallest absolute Gasteiger partial charge is 0.417 e. The number of nitrogens with one attached hydrogen (secondary N) is 2. The largest absolute Gasteiger partial charge is 0.490 e. The second-order valence-electron chi connectivity index (χ2n) is 19.9. The van der Waals surface area contributed by atoms with Gasteiger partial charge < -0.3 is 24.4 Å². The number of pyridine rings is 1. The number of carboxylic acids is 1. The Labute approximate surface area is 439 Å². The van der Waals surface area contributed by atoms with E-state index in [9.17, 15) is 37.5 Å². The van der Waals surface area contributed by atoms with Gasteiger partial charge in [0, 0.05) is 82.4 Å². The number of carboxylic acid groups (broad SMARTS) is 1. The fourth-order valence-electron chi connectivity index (χ4n) is 11.2. The first kappa shape index (κ1) is 50.7. The number of para-hydroxylation sites is 2. The fourth-order valence-corrected chi connectivity index (χ4v) is 12.1. The molecule has 1 unspecified atom stereocenters. The van der Waals surface area contributed by atoms with E-state index in [0.29, 0.717) is 74.5 Å². The predicted octanol–water partition coefficient (Wildman–Crippen LogP) is 9.22. The third-order valence-corrected chi connectivity index (χ3v) is 16.0. The zero-order valence-electron chi connectivity index (χ0n) is 41.8. The Kier molecular flexibility index (Phi) is 14.2. The number of thiazole rings is 1. The molecule has 394 valence electrons. The summed E-state index contributed by atoms with van der Waals surface area (Å²) in [5, 5.41) is 21.9. The highest BCUT2D eigenvalue weighted by Crippen LogP contribution is 2.42. The van der Waals surface area contributed by atoms with Crippen LogP contribution in [0.25, 0.3) is 32.2 Å². The van der Waals surface area contributed by atoms with E-state index in [1.807, 2.05) is 65.2 Å². The summed E-state index contributed by atoms with van der Waals surface area (Å²) in [5.74, 6) is -2.51. The molecule has 3 N–H and O–H groups in total. The van der Waals surface area contributed by atoms with Crippen LogP contribution in [0.5, 0.6) is 5.75 Å². The van der Waals surface area contributed by atoms with Crippen LogP contribution in [-0.4, -0.2) is 112 Å². The van der Waals surface area contributed by atoms with Crippen molar-refractivity contribution >= 4 is 72.8 Å². The Morgan fingerprint density at radius 1 is 0.842 bits per heavy atom. The number of hydrogen-bond donors (Lipinski definition) is 3. The lowest BCUT2D eigenvalue weighted by atomic mass is 9.92. The van der Waals surface area contributed by atoms with Crippen LogP contribution in [0.15, 0.2) is 91.0 Å². The summed E-state index contributed by atoms with van der Waals surface area (Å²) in [6.07, 6.45) is -0.352. The molecule has 76 heavy (non-hydrogen) atoms. The van der Waals surface area contributed by atoms with Gasteiger partial charge in [0.15, 0.2) is 10.8 Å². The summed E-state index contributed by atoms with van der Waals surface area (Å²) in [5.41, 5.74) is 3.62. The van der Waals surface area contributed by atoms with Crippen molar-refractivity contribution < 1.29 is 46.9 Å². The number of aromatic nitrogens is 4. The number of alkyl halides is 3. The van der Waals surface area contributed by atoms with E-state index in [1.54, 1.807) is 6.07 Å². The Hall–Kier alpha value is -7.42. The molecule has 2 saturated heterocycles. The number of piperidine rings is 1. The molecule has 0 radical (unpaired) electrons. The predicted molar refractivity (Wildman–Crippen MR) is 282 cm³/mol. The van der Waals surface area contributed by atoms with Crippen LogP contribution < -0.4 is 25.2 Å². The second kappa shape index (κ2) is 21.3. The fraction of sp³-hybridized carbons (Fsp3) is 0.375. The molecule has 4 aromatic carbocycles. The molecule has 7 aromatic rings. The number of nitrogens with zero attached hydrogens (tertiary/aromatic N) is 7. The van der Waals surface area contributed by atoms with E-state index >= 15 is 0 Å². The summed E-state index contributed by atoms with van der Waals surface area (Å²) in [6, 6.07) is 25.7. The molecular formula is C56H56F3N9O7S. The molecule has 20 heteroatoms. The van der Waals surface area contributed by atoms with Gasteiger partial charge in [-0.25, -0.2) is 14.8 Å². The van der Waals surface area contributed by atoms with E-state index in [2.05, 4.69) is 36.5 Å². The van der Waals surface area contributed by atoms with Crippen LogP contribution in [-0.2, 0) is 40.5 Å². The highest BCUT2D eigenvalue weighted by atomic mass is 32.1. The highest BCUT2D eigenvalue weighted by molar-refractivity contribution is 7.22. The quantitative estimate of drug-likeness (QED) is 0.0693. The molecular weight excluding hydrogens is 1000 g/mol. The molecule has 1 atom stereocenters. The number of halogens is 3. The molecule has 1 saturated carbocycles. The van der Waals surface area contributed by atoms with Gasteiger partial charge >= 0.3 is 12.1 Å². The molecule has 3 aliphatic heterocycles. The number of aryl methyl sites for hydroxylation is 1. The third-order valence-electron chi connectivity index (χ3n) is 15.1. The zero-order valence-corrected chi connectivity index (χ0v) is 42.6. The van der Waals surface area contributed by atoms with Crippen molar-refractivity contribution in [2.75, 3.05) is 61.0 Å². The van der Waals surface area contributed by atoms with Gasteiger partial charge in [-0.1, -0.05) is 53.8 Å². The van der Waals surface area contributed by atoms with Crippen molar-refractivity contribution in [1.29, 1.82) is 0 Å². The number of anilines is 3. The zero-order chi connectivity index (χ0) is 52.7. The first-order chi connectivity index (χ1) is 36.7. The number of benzene rings is 4. The van der Waals surface area contributed by atoms with Gasteiger partial charge in [0.05, 0.1) is 50.8 Å². The number of imide groups is 1. The monoisotopic (exact) mass is 1060 g/mol. The molecule has 3 aromatic heterocycles. The Morgan fingerprint density at radius 2 is 1.62 bits per heavy atom. The van der Waals surface area contributed by atoms with Crippen molar-refractivity contribution in [3.05, 3.63) is 125 Å². The lowest BCUT2D eigenvalue weighted by molar-refractivity contribution is -0.137. The Balaban J connectivity index is 0.670. The lowest BCUT2D eigenvalue weighted by Crippen LogP contribution is -2.47. The normalized spacial score (nSPS) is 19.4. The molecule has 16 nitrogen and oxygen atoms in total. The first-order valence-electron chi connectivity index (χ1n) is 25.8. The minimum absolute atomic E-state index is 0.0237. The van der Waals surface area contributed by atoms with Crippen molar-refractivity contribution in [3.8, 4) is 16.9 Å². The number of hydrogen-bond acceptors (Lipinski definition) is 13. The van der Waals surface area contributed by atoms with Crippen LogP contribution in [0.4, 0.5) is 29.8 Å². The van der Waals surface area contributed by atoms with Gasteiger partial charge in [-0.05, 0) is 110 Å². The SMILES string of the molecule is Cn1nc(C2CCC(=O)NC2=O)c2cccc(N3CCN(CCCOC4CCC(Oc5ccc(-c6ccc(N7CCc8cccc(C(=O)Nc9nc%10ccccc%10s9)c8C7)nc6C(=O)O)c(C(F)(F)F)c5)CC4)CC3)c21. The highest BCUT2D eigenvalue weighted by Gasteiger charge is 2.37. The molecule has 0 spiro atoms. The van der Waals surface area contributed by atoms with Gasteiger partial charge in [-0.15, -0.1) is 0 Å². The minimum atomic E-state index is -4.83. The van der Waals surface area contributed by atoms with Crippen molar-refractivity contribution in [2.45, 2.75) is 82.2 Å². The molecule has 3 fully saturated rings.